The number of carbonyl (C=O) groups excluding carboxylic acids is 2. The van der Waals surface area contributed by atoms with Gasteiger partial charge in [0.05, 0.1) is 18.1 Å². The number of ether oxygens (including phenoxy) is 1. The molecule has 2 aliphatic rings. The number of hydrogen-bond acceptors (Lipinski definition) is 5. The van der Waals surface area contributed by atoms with E-state index in [1.165, 1.54) is 11.8 Å². The van der Waals surface area contributed by atoms with Gasteiger partial charge in [-0.15, -0.1) is 11.8 Å². The van der Waals surface area contributed by atoms with Gasteiger partial charge in [-0.05, 0) is 48.7 Å². The number of amides is 2. The summed E-state index contributed by atoms with van der Waals surface area (Å²) in [5.41, 5.74) is 3.20. The summed E-state index contributed by atoms with van der Waals surface area (Å²) in [5.74, 6) is 1.30. The molecule has 0 radical (unpaired) electrons. The summed E-state index contributed by atoms with van der Waals surface area (Å²) in [6.07, 6.45) is 1.60. The summed E-state index contributed by atoms with van der Waals surface area (Å²) in [7, 11) is 1.66. The smallest absolute Gasteiger partial charge is 0.237 e. The third-order valence-corrected chi connectivity index (χ3v) is 6.99. The van der Waals surface area contributed by atoms with Crippen molar-refractivity contribution in [3.05, 3.63) is 54.1 Å². The van der Waals surface area contributed by atoms with E-state index in [1.807, 2.05) is 35.2 Å². The molecule has 1 atom stereocenters. The number of thioether (sulfide) groups is 1. The fraction of sp³-hybridized carbons (Fsp3) is 0.391. The number of fused-ring (bicyclic) bond motifs is 1. The average Bonchev–Trinajstić information content (AvgIpc) is 2.95. The predicted octanol–water partition coefficient (Wildman–Crippen LogP) is 3.03. The molecule has 0 bridgehead atoms. The molecule has 158 valence electrons. The molecule has 7 heteroatoms. The van der Waals surface area contributed by atoms with Crippen LogP contribution in [0.5, 0.6) is 5.75 Å². The van der Waals surface area contributed by atoms with E-state index in [1.54, 1.807) is 7.11 Å². The minimum absolute atomic E-state index is 0.00192. The van der Waals surface area contributed by atoms with E-state index in [0.717, 1.165) is 48.6 Å². The summed E-state index contributed by atoms with van der Waals surface area (Å²) in [6, 6.07) is 15.9. The fourth-order valence-corrected chi connectivity index (χ4v) is 4.94. The number of rotatable bonds is 5. The van der Waals surface area contributed by atoms with Gasteiger partial charge < -0.3 is 19.9 Å². The van der Waals surface area contributed by atoms with Crippen molar-refractivity contribution in [1.29, 1.82) is 0 Å². The molecular weight excluding hydrogens is 398 g/mol. The second kappa shape index (κ2) is 9.43. The minimum atomic E-state index is -0.193. The normalized spacial score (nSPS) is 19.0. The monoisotopic (exact) mass is 425 g/mol. The van der Waals surface area contributed by atoms with Crippen molar-refractivity contribution in [1.82, 2.24) is 4.90 Å². The van der Waals surface area contributed by atoms with Crippen molar-refractivity contribution in [2.45, 2.75) is 18.1 Å². The van der Waals surface area contributed by atoms with Crippen LogP contribution in [0.4, 0.5) is 11.4 Å². The van der Waals surface area contributed by atoms with Crippen LogP contribution >= 0.6 is 11.8 Å². The Bertz CT molecular complexity index is 895. The standard InChI is InChI=1S/C23H27N3O3S/c1-29-19-9-7-18(8-10-19)25-12-14-26(15-13-25)22(27)16-30-21-11-6-17-4-2-3-5-20(17)24-23(21)28/h2-5,7-10,21H,6,11-16H2,1H3,(H,24,28). The van der Waals surface area contributed by atoms with Crippen LogP contribution in [-0.4, -0.2) is 61.0 Å². The molecule has 0 aliphatic carbocycles. The Hall–Kier alpha value is -2.67. The van der Waals surface area contributed by atoms with Crippen LogP contribution in [0.25, 0.3) is 0 Å². The first-order chi connectivity index (χ1) is 14.6. The van der Waals surface area contributed by atoms with E-state index in [4.69, 9.17) is 4.74 Å². The van der Waals surface area contributed by atoms with Crippen LogP contribution in [0.15, 0.2) is 48.5 Å². The van der Waals surface area contributed by atoms with Gasteiger partial charge in [0.1, 0.15) is 5.75 Å². The summed E-state index contributed by atoms with van der Waals surface area (Å²) in [6.45, 7) is 3.02. The number of nitrogens with zero attached hydrogens (tertiary/aromatic N) is 2. The van der Waals surface area contributed by atoms with Crippen molar-refractivity contribution < 1.29 is 14.3 Å². The molecule has 30 heavy (non-hydrogen) atoms. The molecule has 2 heterocycles. The lowest BCUT2D eigenvalue weighted by Gasteiger charge is -2.36. The lowest BCUT2D eigenvalue weighted by molar-refractivity contribution is -0.128. The maximum absolute atomic E-state index is 12.7. The molecule has 0 spiro atoms. The van der Waals surface area contributed by atoms with Gasteiger partial charge in [0.2, 0.25) is 11.8 Å². The van der Waals surface area contributed by atoms with Gasteiger partial charge in [0.25, 0.3) is 0 Å². The molecule has 2 aromatic rings. The molecule has 1 saturated heterocycles. The Morgan fingerprint density at radius 2 is 1.83 bits per heavy atom. The highest BCUT2D eigenvalue weighted by atomic mass is 32.2. The van der Waals surface area contributed by atoms with Gasteiger partial charge in [0, 0.05) is 37.6 Å². The van der Waals surface area contributed by atoms with Gasteiger partial charge in [-0.25, -0.2) is 0 Å². The number of methoxy groups -OCH3 is 1. The van der Waals surface area contributed by atoms with E-state index in [-0.39, 0.29) is 17.1 Å². The molecule has 4 rings (SSSR count). The first kappa shape index (κ1) is 20.6. The van der Waals surface area contributed by atoms with Crippen molar-refractivity contribution in [3.8, 4) is 5.75 Å². The number of hydrogen-bond donors (Lipinski definition) is 1. The number of benzene rings is 2. The zero-order valence-corrected chi connectivity index (χ0v) is 18.0. The number of para-hydroxylation sites is 1. The summed E-state index contributed by atoms with van der Waals surface area (Å²) < 4.78 is 5.21. The summed E-state index contributed by atoms with van der Waals surface area (Å²) in [5, 5.41) is 2.81. The summed E-state index contributed by atoms with van der Waals surface area (Å²) in [4.78, 5) is 29.5. The molecule has 0 aromatic heterocycles. The van der Waals surface area contributed by atoms with Crippen molar-refractivity contribution in [2.75, 3.05) is 49.3 Å². The van der Waals surface area contributed by atoms with Crippen LogP contribution in [0.2, 0.25) is 0 Å². The van der Waals surface area contributed by atoms with E-state index in [9.17, 15) is 9.59 Å². The number of piperazine rings is 1. The Kier molecular flexibility index (Phi) is 6.47. The molecule has 2 aliphatic heterocycles. The van der Waals surface area contributed by atoms with E-state index in [0.29, 0.717) is 18.8 Å². The molecule has 1 fully saturated rings. The van der Waals surface area contributed by atoms with Gasteiger partial charge in [0.15, 0.2) is 0 Å². The third kappa shape index (κ3) is 4.73. The number of nitrogens with one attached hydrogen (secondary N) is 1. The molecule has 6 nitrogen and oxygen atoms in total. The highest BCUT2D eigenvalue weighted by Crippen LogP contribution is 2.27. The second-order valence-electron chi connectivity index (χ2n) is 7.55. The van der Waals surface area contributed by atoms with Crippen molar-refractivity contribution in [3.63, 3.8) is 0 Å². The van der Waals surface area contributed by atoms with E-state index < -0.39 is 0 Å². The first-order valence-corrected chi connectivity index (χ1v) is 11.4. The Morgan fingerprint density at radius 3 is 2.57 bits per heavy atom. The first-order valence-electron chi connectivity index (χ1n) is 10.3. The summed E-state index contributed by atoms with van der Waals surface area (Å²) >= 11 is 1.46. The molecule has 1 unspecified atom stereocenters. The number of aryl methyl sites for hydroxylation is 1. The molecule has 1 N–H and O–H groups in total. The minimum Gasteiger partial charge on any atom is -0.497 e. The van der Waals surface area contributed by atoms with E-state index >= 15 is 0 Å². The highest BCUT2D eigenvalue weighted by Gasteiger charge is 2.27. The van der Waals surface area contributed by atoms with Gasteiger partial charge in [-0.1, -0.05) is 18.2 Å². The lowest BCUT2D eigenvalue weighted by Crippen LogP contribution is -2.49. The van der Waals surface area contributed by atoms with Crippen molar-refractivity contribution >= 4 is 35.0 Å². The molecule has 2 amide bonds. The van der Waals surface area contributed by atoms with Gasteiger partial charge >= 0.3 is 0 Å². The Balaban J connectivity index is 1.25. The van der Waals surface area contributed by atoms with Crippen LogP contribution in [0, 0.1) is 0 Å². The van der Waals surface area contributed by atoms with E-state index in [2.05, 4.69) is 28.4 Å². The maximum atomic E-state index is 12.7. The van der Waals surface area contributed by atoms with Crippen molar-refractivity contribution in [2.24, 2.45) is 0 Å². The zero-order chi connectivity index (χ0) is 20.9. The molecule has 2 aromatic carbocycles. The zero-order valence-electron chi connectivity index (χ0n) is 17.2. The highest BCUT2D eigenvalue weighted by molar-refractivity contribution is 8.01. The number of anilines is 2. The van der Waals surface area contributed by atoms with Gasteiger partial charge in [-0.3, -0.25) is 9.59 Å². The topological polar surface area (TPSA) is 61.9 Å². The molecule has 0 saturated carbocycles. The lowest BCUT2D eigenvalue weighted by atomic mass is 10.1. The average molecular weight is 426 g/mol. The third-order valence-electron chi connectivity index (χ3n) is 5.72. The largest absolute Gasteiger partial charge is 0.497 e. The SMILES string of the molecule is COc1ccc(N2CCN(C(=O)CSC3CCc4ccccc4NC3=O)CC2)cc1. The van der Waals surface area contributed by atoms with Crippen LogP contribution in [0.1, 0.15) is 12.0 Å². The number of carbonyl (C=O) groups is 2. The maximum Gasteiger partial charge on any atom is 0.237 e. The predicted molar refractivity (Wildman–Crippen MR) is 121 cm³/mol. The Morgan fingerprint density at radius 1 is 1.10 bits per heavy atom. The molecular formula is C23H27N3O3S. The fourth-order valence-electron chi connectivity index (χ4n) is 3.92. The quantitative estimate of drug-likeness (QED) is 0.798. The second-order valence-corrected chi connectivity index (χ2v) is 8.74. The van der Waals surface area contributed by atoms with Crippen LogP contribution < -0.4 is 15.0 Å². The van der Waals surface area contributed by atoms with Gasteiger partial charge in [-0.2, -0.15) is 0 Å². The Labute approximate surface area is 181 Å². The van der Waals surface area contributed by atoms with Crippen LogP contribution in [-0.2, 0) is 16.0 Å². The van der Waals surface area contributed by atoms with Crippen LogP contribution in [0.3, 0.4) is 0 Å².